The van der Waals surface area contributed by atoms with E-state index in [1.54, 1.807) is 10.8 Å². The van der Waals surface area contributed by atoms with E-state index in [2.05, 4.69) is 37.4 Å². The Kier molecular flexibility index (Phi) is 5.01. The quantitative estimate of drug-likeness (QED) is 0.737. The molecule has 26 heavy (non-hydrogen) atoms. The highest BCUT2D eigenvalue weighted by Gasteiger charge is 2.22. The molecule has 2 aromatic heterocycles. The zero-order valence-corrected chi connectivity index (χ0v) is 16.7. The van der Waals surface area contributed by atoms with Gasteiger partial charge in [-0.25, -0.2) is 0 Å². The van der Waals surface area contributed by atoms with Gasteiger partial charge >= 0.3 is 0 Å². The fourth-order valence-corrected chi connectivity index (χ4v) is 4.49. The lowest BCUT2D eigenvalue weighted by molar-refractivity contribution is 0.0941. The van der Waals surface area contributed by atoms with Gasteiger partial charge in [0.1, 0.15) is 0 Å². The highest BCUT2D eigenvalue weighted by Crippen LogP contribution is 2.29. The molecule has 2 heterocycles. The molecular formula is C21H24N2O2S. The molecule has 0 spiro atoms. The van der Waals surface area contributed by atoms with Gasteiger partial charge in [0.05, 0.1) is 17.0 Å². The Balaban J connectivity index is 2.00. The van der Waals surface area contributed by atoms with Crippen LogP contribution in [0.25, 0.3) is 10.1 Å². The number of carbonyl (C=O) groups excluding carboxylic acids is 1. The van der Waals surface area contributed by atoms with Crippen LogP contribution in [0.3, 0.4) is 0 Å². The number of fused-ring (bicyclic) bond motifs is 1. The molecule has 0 aliphatic heterocycles. The number of nitrogens with zero attached hydrogens (tertiary/aromatic N) is 1. The second-order valence-corrected chi connectivity index (χ2v) is 7.99. The summed E-state index contributed by atoms with van der Waals surface area (Å²) in [5.41, 5.74) is 3.85. The fraction of sp³-hybridized carbons (Fsp3) is 0.333. The molecule has 3 aromatic rings. The third-order valence-electron chi connectivity index (χ3n) is 4.80. The van der Waals surface area contributed by atoms with Gasteiger partial charge in [-0.3, -0.25) is 9.59 Å². The summed E-state index contributed by atoms with van der Waals surface area (Å²) in [6, 6.07) is 8.01. The summed E-state index contributed by atoms with van der Waals surface area (Å²) in [7, 11) is 0. The largest absolute Gasteiger partial charge is 0.345 e. The van der Waals surface area contributed by atoms with E-state index in [1.165, 1.54) is 16.9 Å². The summed E-state index contributed by atoms with van der Waals surface area (Å²) < 4.78 is 2.50. The number of pyridine rings is 1. The third-order valence-corrected chi connectivity index (χ3v) is 5.87. The summed E-state index contributed by atoms with van der Waals surface area (Å²) in [5.74, 6) is -0.188. The van der Waals surface area contributed by atoms with E-state index >= 15 is 0 Å². The van der Waals surface area contributed by atoms with E-state index < -0.39 is 0 Å². The first-order valence-electron chi connectivity index (χ1n) is 8.84. The van der Waals surface area contributed by atoms with E-state index in [9.17, 15) is 9.59 Å². The highest BCUT2D eigenvalue weighted by molar-refractivity contribution is 7.19. The van der Waals surface area contributed by atoms with Gasteiger partial charge in [-0.1, -0.05) is 23.8 Å². The monoisotopic (exact) mass is 368 g/mol. The second kappa shape index (κ2) is 7.08. The van der Waals surface area contributed by atoms with Crippen molar-refractivity contribution in [2.24, 2.45) is 0 Å². The Morgan fingerprint density at radius 3 is 2.62 bits per heavy atom. The maximum Gasteiger partial charge on any atom is 0.260 e. The van der Waals surface area contributed by atoms with E-state index in [0.29, 0.717) is 17.5 Å². The van der Waals surface area contributed by atoms with Crippen LogP contribution in [0.5, 0.6) is 0 Å². The zero-order valence-electron chi connectivity index (χ0n) is 15.8. The molecule has 1 atom stereocenters. The fourth-order valence-electron chi connectivity index (χ4n) is 3.45. The van der Waals surface area contributed by atoms with E-state index in [4.69, 9.17) is 0 Å². The van der Waals surface area contributed by atoms with Crippen LogP contribution in [0.1, 0.15) is 51.8 Å². The Labute approximate surface area is 157 Å². The van der Waals surface area contributed by atoms with Gasteiger partial charge in [0, 0.05) is 22.3 Å². The maximum atomic E-state index is 13.0. The second-order valence-electron chi connectivity index (χ2n) is 6.73. The Hall–Kier alpha value is -2.40. The van der Waals surface area contributed by atoms with Crippen LogP contribution < -0.4 is 10.9 Å². The number of aryl methyl sites for hydroxylation is 4. The van der Waals surface area contributed by atoms with Crippen LogP contribution in [0.2, 0.25) is 0 Å². The molecule has 3 rings (SSSR count). The Morgan fingerprint density at radius 1 is 1.23 bits per heavy atom. The van der Waals surface area contributed by atoms with Crippen molar-refractivity contribution < 1.29 is 4.79 Å². The van der Waals surface area contributed by atoms with Crippen molar-refractivity contribution in [1.29, 1.82) is 0 Å². The zero-order chi connectivity index (χ0) is 19.0. The molecule has 1 amide bonds. The summed E-state index contributed by atoms with van der Waals surface area (Å²) in [6.07, 6.45) is 1.79. The lowest BCUT2D eigenvalue weighted by Crippen LogP contribution is -2.29. The summed E-state index contributed by atoms with van der Waals surface area (Å²) in [5, 5.41) is 3.61. The lowest BCUT2D eigenvalue weighted by Gasteiger charge is -2.17. The molecule has 0 saturated carbocycles. The first-order valence-corrected chi connectivity index (χ1v) is 9.65. The van der Waals surface area contributed by atoms with Gasteiger partial charge in [0.15, 0.2) is 0 Å². The SMILES string of the molecule is CCn1ccc2sc(C)c(C(=O)NC(C)c3ccc(C)cc3C)c2c1=O. The molecular weight excluding hydrogens is 344 g/mol. The van der Waals surface area contributed by atoms with E-state index in [-0.39, 0.29) is 17.5 Å². The van der Waals surface area contributed by atoms with E-state index in [0.717, 1.165) is 20.7 Å². The van der Waals surface area contributed by atoms with Crippen molar-refractivity contribution in [3.8, 4) is 0 Å². The van der Waals surface area contributed by atoms with E-state index in [1.807, 2.05) is 26.8 Å². The molecule has 136 valence electrons. The number of thiophene rings is 1. The van der Waals surface area contributed by atoms with Crippen molar-refractivity contribution in [2.45, 2.75) is 47.2 Å². The average molecular weight is 369 g/mol. The molecule has 5 heteroatoms. The van der Waals surface area contributed by atoms with Crippen molar-refractivity contribution in [1.82, 2.24) is 9.88 Å². The number of carbonyl (C=O) groups is 1. The minimum Gasteiger partial charge on any atom is -0.345 e. The molecule has 0 aliphatic carbocycles. The van der Waals surface area contributed by atoms with Gasteiger partial charge in [0.25, 0.3) is 11.5 Å². The first kappa shape index (κ1) is 18.4. The maximum absolute atomic E-state index is 13.0. The van der Waals surface area contributed by atoms with Gasteiger partial charge in [0.2, 0.25) is 0 Å². The van der Waals surface area contributed by atoms with Gasteiger partial charge in [-0.2, -0.15) is 0 Å². The number of rotatable bonds is 4. The standard InChI is InChI=1S/C21H24N2O2S/c1-6-23-10-9-17-19(21(23)25)18(15(5)26-17)20(24)22-14(4)16-8-7-12(2)11-13(16)3/h7-11,14H,6H2,1-5H3,(H,22,24). The molecule has 4 nitrogen and oxygen atoms in total. The van der Waals surface area contributed by atoms with Crippen LogP contribution in [-0.2, 0) is 6.54 Å². The molecule has 0 radical (unpaired) electrons. The Morgan fingerprint density at radius 2 is 1.96 bits per heavy atom. The van der Waals surface area contributed by atoms with Gasteiger partial charge in [-0.05, 0) is 51.8 Å². The number of amides is 1. The number of benzene rings is 1. The average Bonchev–Trinajstić information content (AvgIpc) is 2.92. The number of aromatic nitrogens is 1. The topological polar surface area (TPSA) is 51.1 Å². The van der Waals surface area contributed by atoms with Crippen LogP contribution in [0.15, 0.2) is 35.3 Å². The minimum atomic E-state index is -0.188. The minimum absolute atomic E-state index is 0.0985. The highest BCUT2D eigenvalue weighted by atomic mass is 32.1. The predicted molar refractivity (Wildman–Crippen MR) is 108 cm³/mol. The third kappa shape index (κ3) is 3.19. The van der Waals surface area contributed by atoms with Crippen LogP contribution in [0, 0.1) is 20.8 Å². The number of hydrogen-bond donors (Lipinski definition) is 1. The Bertz CT molecular complexity index is 1050. The van der Waals surface area contributed by atoms with Gasteiger partial charge < -0.3 is 9.88 Å². The normalized spacial score (nSPS) is 12.3. The van der Waals surface area contributed by atoms with Crippen LogP contribution in [-0.4, -0.2) is 10.5 Å². The van der Waals surface area contributed by atoms with Crippen LogP contribution in [0.4, 0.5) is 0 Å². The van der Waals surface area contributed by atoms with Crippen molar-refractivity contribution in [2.75, 3.05) is 0 Å². The number of nitrogens with one attached hydrogen (secondary N) is 1. The molecule has 0 fully saturated rings. The summed E-state index contributed by atoms with van der Waals surface area (Å²) >= 11 is 1.49. The van der Waals surface area contributed by atoms with Crippen LogP contribution >= 0.6 is 11.3 Å². The van der Waals surface area contributed by atoms with Crippen molar-refractivity contribution in [3.63, 3.8) is 0 Å². The molecule has 1 unspecified atom stereocenters. The molecule has 1 N–H and O–H groups in total. The molecule has 0 saturated heterocycles. The lowest BCUT2D eigenvalue weighted by atomic mass is 10.00. The molecule has 0 aliphatic rings. The smallest absolute Gasteiger partial charge is 0.260 e. The van der Waals surface area contributed by atoms with Gasteiger partial charge in [-0.15, -0.1) is 11.3 Å². The molecule has 1 aromatic carbocycles. The predicted octanol–water partition coefficient (Wildman–Crippen LogP) is 4.50. The first-order chi connectivity index (χ1) is 12.3. The summed E-state index contributed by atoms with van der Waals surface area (Å²) in [6.45, 7) is 10.5. The van der Waals surface area contributed by atoms with Crippen molar-refractivity contribution in [3.05, 3.63) is 67.9 Å². The number of hydrogen-bond acceptors (Lipinski definition) is 3. The summed E-state index contributed by atoms with van der Waals surface area (Å²) in [4.78, 5) is 26.6. The molecule has 0 bridgehead atoms. The van der Waals surface area contributed by atoms with Crippen molar-refractivity contribution >= 4 is 27.3 Å².